The molecule has 0 spiro atoms. The zero-order chi connectivity index (χ0) is 58.9. The molecule has 0 saturated carbocycles. The fourth-order valence-electron chi connectivity index (χ4n) is 9.78. The van der Waals surface area contributed by atoms with Gasteiger partial charge in [-0.15, -0.1) is 10.2 Å². The van der Waals surface area contributed by atoms with Crippen LogP contribution in [0.5, 0.6) is 23.0 Å². The van der Waals surface area contributed by atoms with Crippen LogP contribution in [0.3, 0.4) is 0 Å². The van der Waals surface area contributed by atoms with E-state index in [9.17, 15) is 39.9 Å². The molecule has 5 bridgehead atoms. The Kier molecular flexibility index (Phi) is 19.9. The lowest BCUT2D eigenvalue weighted by atomic mass is 9.78. The highest BCUT2D eigenvalue weighted by atomic mass is 35.5. The molecule has 4 aliphatic heterocycles. The van der Waals surface area contributed by atoms with Crippen molar-refractivity contribution in [1.82, 2.24) is 25.1 Å². The fraction of sp³-hybridized carbons (Fsp3) is 0.390. The van der Waals surface area contributed by atoms with Crippen LogP contribution in [-0.4, -0.2) is 151 Å². The number of halogens is 1. The number of fused-ring (bicyclic) bond motifs is 14. The molecule has 4 aliphatic rings. The van der Waals surface area contributed by atoms with E-state index < -0.39 is 88.8 Å². The predicted molar refractivity (Wildman–Crippen MR) is 307 cm³/mol. The van der Waals surface area contributed by atoms with Gasteiger partial charge in [0.05, 0.1) is 58.7 Å². The van der Waals surface area contributed by atoms with Crippen molar-refractivity contribution in [3.63, 3.8) is 0 Å². The Morgan fingerprint density at radius 3 is 2.23 bits per heavy atom. The number of ether oxygens (including phenoxy) is 4. The number of anilines is 2. The van der Waals surface area contributed by atoms with Gasteiger partial charge in [0.2, 0.25) is 0 Å². The molecule has 2 aromatic heterocycles. The van der Waals surface area contributed by atoms with E-state index in [1.165, 1.54) is 59.4 Å². The van der Waals surface area contributed by atoms with E-state index in [1.807, 2.05) is 55.6 Å². The number of likely N-dealkylation sites (N-methyl/N-ethyl adjacent to an activating group) is 1. The molecule has 21 nitrogen and oxygen atoms in total. The van der Waals surface area contributed by atoms with E-state index in [-0.39, 0.29) is 44.5 Å². The van der Waals surface area contributed by atoms with Crippen LogP contribution in [0.1, 0.15) is 81.2 Å². The number of pyridine rings is 1. The van der Waals surface area contributed by atoms with Crippen molar-refractivity contribution in [2.75, 3.05) is 51.1 Å². The SMILES string of the molecule is CO[C@H]1/C=C/O[C@@]2(C)Oc3c(C)c(O)c4c(O)c(c(/C=N\N5CCN(C)CC5)c(O)c4c3C2=O)NC(=O)/C(C)=C\C=C\[C@H](C)[C@H](O)[C@@H](C)[C@@H](O)[C@@H](C)[C@H](OC(C)=O)[C@@H]1C.Clc1ccc(N/N=C(\c2ccccc2)c2ccccn2)nn1. The second-order valence-corrected chi connectivity index (χ2v) is 20.9. The number of hydrazone groups is 2. The number of phenols is 3. The van der Waals surface area contributed by atoms with Crippen LogP contribution in [-0.2, 0) is 23.8 Å². The summed E-state index contributed by atoms with van der Waals surface area (Å²) in [5.41, 5.74) is 4.98. The van der Waals surface area contributed by atoms with Crippen LogP contribution < -0.4 is 15.5 Å². The Morgan fingerprint density at radius 1 is 0.889 bits per heavy atom. The second kappa shape index (κ2) is 26.5. The number of nitrogens with one attached hydrogen (secondary N) is 2. The van der Waals surface area contributed by atoms with E-state index in [1.54, 1.807) is 63.2 Å². The van der Waals surface area contributed by atoms with E-state index in [0.717, 1.165) is 30.1 Å². The molecule has 3 aromatic carbocycles. The number of methoxy groups -OCH3 is 1. The molecule has 5 aromatic rings. The van der Waals surface area contributed by atoms with Crippen LogP contribution >= 0.6 is 11.6 Å². The highest BCUT2D eigenvalue weighted by Gasteiger charge is 2.50. The maximum Gasteiger partial charge on any atom is 0.312 e. The summed E-state index contributed by atoms with van der Waals surface area (Å²) in [7, 11) is 3.42. The van der Waals surface area contributed by atoms with Crippen molar-refractivity contribution in [3.8, 4) is 23.0 Å². The molecule has 430 valence electrons. The van der Waals surface area contributed by atoms with Gasteiger partial charge >= 0.3 is 11.8 Å². The highest BCUT2D eigenvalue weighted by Crippen LogP contribution is 2.55. The number of phenolic OH excluding ortho intramolecular Hbond substituents is 3. The van der Waals surface area contributed by atoms with E-state index in [4.69, 9.17) is 30.5 Å². The third-order valence-corrected chi connectivity index (χ3v) is 14.9. The van der Waals surface area contributed by atoms with Crippen molar-refractivity contribution in [1.29, 1.82) is 0 Å². The van der Waals surface area contributed by atoms with E-state index >= 15 is 0 Å². The quantitative estimate of drug-likeness (QED) is 0.0257. The molecule has 0 unspecified atom stereocenters. The number of benzene rings is 3. The number of hydrogen-bond acceptors (Lipinski definition) is 20. The Hall–Kier alpha value is -7.95. The van der Waals surface area contributed by atoms with Gasteiger partial charge in [0, 0.05) is 99.1 Å². The Bertz CT molecular complexity index is 3180. The molecule has 9 rings (SSSR count). The van der Waals surface area contributed by atoms with Gasteiger partial charge in [-0.05, 0) is 51.2 Å². The number of Topliss-reactive ketones (excluding diaryl/α,β-unsaturated/α-hetero) is 1. The molecule has 1 amide bonds. The van der Waals surface area contributed by atoms with Crippen LogP contribution in [0, 0.1) is 30.6 Å². The topological polar surface area (TPSA) is 283 Å². The minimum Gasteiger partial charge on any atom is -0.507 e. The first kappa shape index (κ1) is 60.7. The van der Waals surface area contributed by atoms with Crippen LogP contribution in [0.2, 0.25) is 5.15 Å². The van der Waals surface area contributed by atoms with E-state index in [0.29, 0.717) is 24.1 Å². The largest absolute Gasteiger partial charge is 0.507 e. The van der Waals surface area contributed by atoms with Gasteiger partial charge in [0.1, 0.15) is 29.1 Å². The number of hydrogen-bond donors (Lipinski definition) is 7. The number of esters is 1. The molecule has 81 heavy (non-hydrogen) atoms. The normalized spacial score (nSPS) is 26.4. The maximum atomic E-state index is 14.4. The standard InChI is InChI=1S/C43H58N4O12.C16H12ClN5/c1-21-12-11-13-22(2)42(55)45-33-28(20-44-47-17-15-46(9)16-18-47)37(52)30-31(38(33)53)36(51)26(6)40-32(30)41(54)43(8,59-40)57-19-14-29(56-10)23(3)39(58-27(7)48)25(5)35(50)24(4)34(21)49;17-14-9-10-15(20-19-14)21-22-16(12-6-2-1-3-7-12)13-8-4-5-11-18-13/h11-14,19-21,23-25,29,34-35,39,49-53H,15-18H2,1-10H3,(H,45,55);1-11H,(H,20,21)/b12-11+,19-14+,22-13-,44-20-;22-16+/t21-,23+,24+,25+,29-,34-,35+,39+,43-;/m0./s1. The fourth-order valence-corrected chi connectivity index (χ4v) is 9.88. The molecule has 0 aliphatic carbocycles. The zero-order valence-corrected chi connectivity index (χ0v) is 47.6. The minimum atomic E-state index is -2.04. The predicted octanol–water partition coefficient (Wildman–Crippen LogP) is 7.72. The number of aliphatic hydroxyl groups is 2. The monoisotopic (exact) mass is 1130 g/mol. The molecule has 0 radical (unpaired) electrons. The van der Waals surface area contributed by atoms with Gasteiger partial charge in [0.15, 0.2) is 16.7 Å². The average Bonchev–Trinajstić information content (AvgIpc) is 3.89. The smallest absolute Gasteiger partial charge is 0.312 e. The summed E-state index contributed by atoms with van der Waals surface area (Å²) in [5, 5.41) is 79.3. The van der Waals surface area contributed by atoms with E-state index in [2.05, 4.69) is 41.0 Å². The van der Waals surface area contributed by atoms with Crippen molar-refractivity contribution >= 4 is 63.5 Å². The lowest BCUT2D eigenvalue weighted by molar-refractivity contribution is -0.160. The Morgan fingerprint density at radius 2 is 1.59 bits per heavy atom. The zero-order valence-electron chi connectivity index (χ0n) is 46.9. The van der Waals surface area contributed by atoms with Crippen LogP contribution in [0.25, 0.3) is 10.8 Å². The van der Waals surface area contributed by atoms with Crippen molar-refractivity contribution in [2.45, 2.75) is 85.6 Å². The third-order valence-electron chi connectivity index (χ3n) is 14.7. The molecule has 1 fully saturated rings. The van der Waals surface area contributed by atoms with Gasteiger partial charge in [-0.3, -0.25) is 29.8 Å². The number of aromatic nitrogens is 3. The third kappa shape index (κ3) is 13.8. The lowest BCUT2D eigenvalue weighted by Crippen LogP contribution is -2.46. The number of carbonyl (C=O) groups is 3. The van der Waals surface area contributed by atoms with Crippen molar-refractivity contribution in [2.24, 2.45) is 33.9 Å². The lowest BCUT2D eigenvalue weighted by Gasteiger charge is -2.38. The number of rotatable bonds is 8. The first-order chi connectivity index (χ1) is 38.6. The summed E-state index contributed by atoms with van der Waals surface area (Å²) in [4.78, 5) is 47.0. The summed E-state index contributed by atoms with van der Waals surface area (Å²) in [6, 6.07) is 18.9. The number of aromatic hydroxyl groups is 3. The molecule has 1 saturated heterocycles. The first-order valence-corrected chi connectivity index (χ1v) is 26.8. The molecule has 6 heterocycles. The van der Waals surface area contributed by atoms with Crippen molar-refractivity contribution in [3.05, 3.63) is 136 Å². The second-order valence-electron chi connectivity index (χ2n) is 20.5. The van der Waals surface area contributed by atoms with Gasteiger partial charge in [-0.1, -0.05) is 93.9 Å². The number of carbonyl (C=O) groups excluding carboxylic acids is 3. The van der Waals surface area contributed by atoms with Crippen LogP contribution in [0.4, 0.5) is 11.5 Å². The Labute approximate surface area is 475 Å². The summed E-state index contributed by atoms with van der Waals surface area (Å²) >= 11 is 5.72. The maximum absolute atomic E-state index is 14.4. The summed E-state index contributed by atoms with van der Waals surface area (Å²) in [6.07, 6.45) is 6.59. The first-order valence-electron chi connectivity index (χ1n) is 26.4. The highest BCUT2D eigenvalue weighted by molar-refractivity contribution is 6.29. The van der Waals surface area contributed by atoms with Gasteiger partial charge in [0.25, 0.3) is 11.7 Å². The van der Waals surface area contributed by atoms with Crippen molar-refractivity contribution < 1.29 is 58.9 Å². The number of amides is 1. The number of allylic oxidation sites excluding steroid dienone is 2. The molecule has 7 N–H and O–H groups in total. The molecular weight excluding hydrogens is 1060 g/mol. The van der Waals surface area contributed by atoms with Gasteiger partial charge < -0.3 is 54.7 Å². The number of aliphatic hydroxyl groups excluding tert-OH is 2. The minimum absolute atomic E-state index is 0.0559. The van der Waals surface area contributed by atoms with Crippen LogP contribution in [0.15, 0.2) is 113 Å². The summed E-state index contributed by atoms with van der Waals surface area (Å²) in [6.45, 7) is 15.1. The Balaban J connectivity index is 0.000000356. The molecular formula is C59H70ClN9O12. The van der Waals surface area contributed by atoms with Gasteiger partial charge in [-0.2, -0.15) is 10.2 Å². The average molecular weight is 1130 g/mol. The summed E-state index contributed by atoms with van der Waals surface area (Å²) < 4.78 is 23.6. The number of piperazine rings is 1. The number of nitrogens with zero attached hydrogens (tertiary/aromatic N) is 7. The number of ketones is 1. The van der Waals surface area contributed by atoms with Gasteiger partial charge in [-0.25, -0.2) is 0 Å². The summed E-state index contributed by atoms with van der Waals surface area (Å²) in [5.74, 6) is -7.83. The molecule has 22 heteroatoms. The molecule has 9 atom stereocenters.